The van der Waals surface area contributed by atoms with Crippen LogP contribution in [0.5, 0.6) is 0 Å². The van der Waals surface area contributed by atoms with E-state index in [1.807, 2.05) is 24.3 Å². The summed E-state index contributed by atoms with van der Waals surface area (Å²) < 4.78 is 0.961. The van der Waals surface area contributed by atoms with Crippen LogP contribution in [0, 0.1) is 0 Å². The molecule has 0 aliphatic carbocycles. The topological polar surface area (TPSA) is 53.2 Å². The number of amides is 2. The molecule has 0 unspecified atom stereocenters. The summed E-state index contributed by atoms with van der Waals surface area (Å²) in [5.41, 5.74) is 6.60. The Balaban J connectivity index is 1.89. The molecule has 2 aromatic carbocycles. The third-order valence-electron chi connectivity index (χ3n) is 2.34. The highest BCUT2D eigenvalue weighted by atomic mass is 79.9. The zero-order valence-electron chi connectivity index (χ0n) is 10.1. The number of carbonyl (C=O) groups excluding carboxylic acids is 1. The van der Waals surface area contributed by atoms with Crippen LogP contribution in [-0.4, -0.2) is 6.03 Å². The molecule has 0 radical (unpaired) electrons. The van der Waals surface area contributed by atoms with Crippen LogP contribution in [-0.2, 0) is 0 Å². The number of halogens is 3. The van der Waals surface area contributed by atoms with Crippen LogP contribution in [0.15, 0.2) is 46.9 Å². The molecule has 0 saturated carbocycles. The average molecular weight is 375 g/mol. The Bertz CT molecular complexity index is 620. The maximum absolute atomic E-state index is 11.7. The minimum atomic E-state index is -0.411. The van der Waals surface area contributed by atoms with Gasteiger partial charge in [-0.25, -0.2) is 4.79 Å². The molecule has 0 bridgehead atoms. The zero-order chi connectivity index (χ0) is 14.5. The predicted octanol–water partition coefficient (Wildman–Crippen LogP) is 4.90. The van der Waals surface area contributed by atoms with Gasteiger partial charge in [0.1, 0.15) is 0 Å². The van der Waals surface area contributed by atoms with Crippen molar-refractivity contribution in [2.75, 3.05) is 10.7 Å². The SMILES string of the molecule is O=C(NNc1ccc(Br)cc1)Nc1ccc(Cl)c(Cl)c1. The van der Waals surface area contributed by atoms with Crippen LogP contribution in [0.3, 0.4) is 0 Å². The molecule has 0 spiro atoms. The fourth-order valence-corrected chi connectivity index (χ4v) is 1.96. The lowest BCUT2D eigenvalue weighted by molar-refractivity contribution is 0.254. The maximum Gasteiger partial charge on any atom is 0.337 e. The van der Waals surface area contributed by atoms with Gasteiger partial charge in [-0.3, -0.25) is 10.9 Å². The summed E-state index contributed by atoms with van der Waals surface area (Å²) in [6, 6.07) is 11.8. The lowest BCUT2D eigenvalue weighted by Gasteiger charge is -2.10. The largest absolute Gasteiger partial charge is 0.337 e. The van der Waals surface area contributed by atoms with Gasteiger partial charge in [0.15, 0.2) is 0 Å². The first-order chi connectivity index (χ1) is 9.54. The zero-order valence-corrected chi connectivity index (χ0v) is 13.2. The fraction of sp³-hybridized carbons (Fsp3) is 0. The van der Waals surface area contributed by atoms with Crippen molar-refractivity contribution in [3.05, 3.63) is 57.0 Å². The van der Waals surface area contributed by atoms with Gasteiger partial charge >= 0.3 is 6.03 Å². The number of hydrogen-bond donors (Lipinski definition) is 3. The lowest BCUT2D eigenvalue weighted by atomic mass is 10.3. The minimum Gasteiger partial charge on any atom is -0.307 e. The highest BCUT2D eigenvalue weighted by Crippen LogP contribution is 2.24. The molecule has 2 amide bonds. The monoisotopic (exact) mass is 373 g/mol. The van der Waals surface area contributed by atoms with Crippen LogP contribution < -0.4 is 16.2 Å². The van der Waals surface area contributed by atoms with E-state index in [1.165, 1.54) is 0 Å². The Hall–Kier alpha value is -1.43. The van der Waals surface area contributed by atoms with Gasteiger partial charge in [-0.05, 0) is 42.5 Å². The molecule has 0 aromatic heterocycles. The molecule has 20 heavy (non-hydrogen) atoms. The molecule has 2 rings (SSSR count). The molecule has 0 saturated heterocycles. The predicted molar refractivity (Wildman–Crippen MR) is 86.4 cm³/mol. The Morgan fingerprint density at radius 1 is 0.950 bits per heavy atom. The molecule has 0 aliphatic rings. The number of carbonyl (C=O) groups is 1. The maximum atomic E-state index is 11.7. The van der Waals surface area contributed by atoms with Gasteiger partial charge in [-0.1, -0.05) is 39.1 Å². The minimum absolute atomic E-state index is 0.380. The van der Waals surface area contributed by atoms with Crippen molar-refractivity contribution in [2.24, 2.45) is 0 Å². The molecular weight excluding hydrogens is 365 g/mol. The van der Waals surface area contributed by atoms with Crippen LogP contribution in [0.1, 0.15) is 0 Å². The van der Waals surface area contributed by atoms with Gasteiger partial charge in [-0.15, -0.1) is 0 Å². The second-order valence-electron chi connectivity index (χ2n) is 3.84. The lowest BCUT2D eigenvalue weighted by Crippen LogP contribution is -2.33. The van der Waals surface area contributed by atoms with Crippen LogP contribution in [0.2, 0.25) is 10.0 Å². The van der Waals surface area contributed by atoms with Crippen molar-refractivity contribution in [2.45, 2.75) is 0 Å². The smallest absolute Gasteiger partial charge is 0.307 e. The summed E-state index contributed by atoms with van der Waals surface area (Å²) in [4.78, 5) is 11.7. The Labute approximate surface area is 134 Å². The quantitative estimate of drug-likeness (QED) is 0.669. The number of urea groups is 1. The summed E-state index contributed by atoms with van der Waals surface area (Å²) in [5.74, 6) is 0. The first kappa shape index (κ1) is 15.0. The second-order valence-corrected chi connectivity index (χ2v) is 5.57. The highest BCUT2D eigenvalue weighted by molar-refractivity contribution is 9.10. The third kappa shape index (κ3) is 4.30. The van der Waals surface area contributed by atoms with Gasteiger partial charge in [-0.2, -0.15) is 0 Å². The molecule has 4 nitrogen and oxygen atoms in total. The van der Waals surface area contributed by atoms with Gasteiger partial charge in [0, 0.05) is 10.2 Å². The van der Waals surface area contributed by atoms with Gasteiger partial charge < -0.3 is 5.32 Å². The van der Waals surface area contributed by atoms with Crippen LogP contribution >= 0.6 is 39.1 Å². The Morgan fingerprint density at radius 3 is 2.25 bits per heavy atom. The standard InChI is InChI=1S/C13H10BrCl2N3O/c14-8-1-3-9(4-2-8)18-19-13(20)17-10-5-6-11(15)12(16)7-10/h1-7,18H,(H2,17,19,20). The second kappa shape index (κ2) is 6.83. The van der Waals surface area contributed by atoms with E-state index < -0.39 is 6.03 Å². The summed E-state index contributed by atoms with van der Waals surface area (Å²) >= 11 is 15.0. The molecule has 0 aliphatic heterocycles. The summed E-state index contributed by atoms with van der Waals surface area (Å²) in [6.45, 7) is 0. The van der Waals surface area contributed by atoms with E-state index in [0.717, 1.165) is 10.2 Å². The molecular formula is C13H10BrCl2N3O. The third-order valence-corrected chi connectivity index (χ3v) is 3.61. The molecule has 2 aromatic rings. The van der Waals surface area contributed by atoms with Crippen molar-refractivity contribution in [1.29, 1.82) is 0 Å². The van der Waals surface area contributed by atoms with Crippen LogP contribution in [0.4, 0.5) is 16.2 Å². The number of benzene rings is 2. The van der Waals surface area contributed by atoms with Gasteiger partial charge in [0.05, 0.1) is 15.7 Å². The van der Waals surface area contributed by atoms with Crippen molar-refractivity contribution < 1.29 is 4.79 Å². The Kier molecular flexibility index (Phi) is 5.11. The van der Waals surface area contributed by atoms with Crippen molar-refractivity contribution in [3.8, 4) is 0 Å². The average Bonchev–Trinajstić information content (AvgIpc) is 2.42. The van der Waals surface area contributed by atoms with Gasteiger partial charge in [0.2, 0.25) is 0 Å². The fourth-order valence-electron chi connectivity index (χ4n) is 1.40. The van der Waals surface area contributed by atoms with E-state index in [9.17, 15) is 4.79 Å². The van der Waals surface area contributed by atoms with Crippen molar-refractivity contribution >= 4 is 56.5 Å². The number of rotatable bonds is 3. The number of hydrogen-bond acceptors (Lipinski definition) is 2. The molecule has 104 valence electrons. The van der Waals surface area contributed by atoms with Crippen molar-refractivity contribution in [3.63, 3.8) is 0 Å². The first-order valence-corrected chi connectivity index (χ1v) is 7.13. The highest BCUT2D eigenvalue weighted by Gasteiger charge is 2.03. The van der Waals surface area contributed by atoms with E-state index in [2.05, 4.69) is 32.1 Å². The van der Waals surface area contributed by atoms with E-state index >= 15 is 0 Å². The van der Waals surface area contributed by atoms with E-state index in [1.54, 1.807) is 18.2 Å². The first-order valence-electron chi connectivity index (χ1n) is 5.58. The number of anilines is 2. The van der Waals surface area contributed by atoms with Crippen LogP contribution in [0.25, 0.3) is 0 Å². The van der Waals surface area contributed by atoms with Gasteiger partial charge in [0.25, 0.3) is 0 Å². The molecule has 0 atom stereocenters. The van der Waals surface area contributed by atoms with E-state index in [-0.39, 0.29) is 0 Å². The number of hydrazine groups is 1. The van der Waals surface area contributed by atoms with E-state index in [4.69, 9.17) is 23.2 Å². The summed E-state index contributed by atoms with van der Waals surface area (Å²) in [6.07, 6.45) is 0. The van der Waals surface area contributed by atoms with Crippen molar-refractivity contribution in [1.82, 2.24) is 5.43 Å². The summed E-state index contributed by atoms with van der Waals surface area (Å²) in [5, 5.41) is 3.44. The number of nitrogens with one attached hydrogen (secondary N) is 3. The normalized spacial score (nSPS) is 9.95. The molecule has 3 N–H and O–H groups in total. The molecule has 0 heterocycles. The molecule has 0 fully saturated rings. The summed E-state index contributed by atoms with van der Waals surface area (Å²) in [7, 11) is 0. The Morgan fingerprint density at radius 2 is 1.60 bits per heavy atom. The van der Waals surface area contributed by atoms with E-state index in [0.29, 0.717) is 15.7 Å². The molecule has 7 heteroatoms.